The second-order valence-electron chi connectivity index (χ2n) is 5.11. The number of hydrogen-bond acceptors (Lipinski definition) is 3. The molecule has 0 fully saturated rings. The van der Waals surface area contributed by atoms with Crippen LogP contribution in [0.4, 0.5) is 0 Å². The van der Waals surface area contributed by atoms with Crippen LogP contribution in [0.15, 0.2) is 53.0 Å². The molecule has 4 rings (SSSR count). The summed E-state index contributed by atoms with van der Waals surface area (Å²) < 4.78 is 2.06. The summed E-state index contributed by atoms with van der Waals surface area (Å²) in [5, 5.41) is 11.4. The van der Waals surface area contributed by atoms with Crippen molar-refractivity contribution in [2.75, 3.05) is 0 Å². The third kappa shape index (κ3) is 2.67. The topological polar surface area (TPSA) is 52.5 Å². The first-order valence-corrected chi connectivity index (χ1v) is 8.60. The maximum Gasteiger partial charge on any atom is 0.135 e. The number of nitrogens with one attached hydrogen (secondary N) is 1. The van der Waals surface area contributed by atoms with Gasteiger partial charge in [0.05, 0.1) is 15.8 Å². The lowest BCUT2D eigenvalue weighted by Gasteiger charge is -1.91. The quantitative estimate of drug-likeness (QED) is 0.460. The monoisotopic (exact) mass is 379 g/mol. The highest BCUT2D eigenvalue weighted by Gasteiger charge is 2.10. The molecule has 0 amide bonds. The molecule has 0 radical (unpaired) electrons. The van der Waals surface area contributed by atoms with Gasteiger partial charge in [0.1, 0.15) is 11.1 Å². The number of benzene rings is 2. The molecule has 1 N–H and O–H groups in total. The lowest BCUT2D eigenvalue weighted by atomic mass is 10.2. The molecule has 110 valence electrons. The minimum Gasteiger partial charge on any atom is -0.355 e. The van der Waals surface area contributed by atoms with Crippen molar-refractivity contribution >= 4 is 60.0 Å². The molecule has 5 heteroatoms. The number of H-pyrrole nitrogens is 1. The van der Waals surface area contributed by atoms with Gasteiger partial charge >= 0.3 is 0 Å². The molecule has 2 aromatic heterocycles. The van der Waals surface area contributed by atoms with Gasteiger partial charge in [-0.25, -0.2) is 4.98 Å². The number of rotatable bonds is 2. The number of halogens is 1. The van der Waals surface area contributed by atoms with Crippen LogP contribution in [0.5, 0.6) is 0 Å². The Morgan fingerprint density at radius 3 is 2.91 bits per heavy atom. The number of aromatic nitrogens is 2. The Labute approximate surface area is 145 Å². The Hall–Kier alpha value is -2.42. The van der Waals surface area contributed by atoms with Crippen LogP contribution in [0.2, 0.25) is 0 Å². The van der Waals surface area contributed by atoms with Crippen LogP contribution >= 0.6 is 27.3 Å². The van der Waals surface area contributed by atoms with Gasteiger partial charge in [0.15, 0.2) is 0 Å². The Morgan fingerprint density at radius 1 is 1.22 bits per heavy atom. The Bertz CT molecular complexity index is 1070. The molecule has 0 spiro atoms. The van der Waals surface area contributed by atoms with E-state index in [-0.39, 0.29) is 0 Å². The molecular formula is C18H10BrN3S. The SMILES string of the molecule is N#C/C(=C\c1cc2ccccc2[nH]1)c1nc2cc(Br)ccc2s1. The fraction of sp³-hybridized carbons (Fsp3) is 0. The highest BCUT2D eigenvalue weighted by molar-refractivity contribution is 9.10. The van der Waals surface area contributed by atoms with Gasteiger partial charge in [-0.2, -0.15) is 5.26 Å². The van der Waals surface area contributed by atoms with Crippen LogP contribution < -0.4 is 0 Å². The predicted molar refractivity (Wildman–Crippen MR) is 99.1 cm³/mol. The van der Waals surface area contributed by atoms with E-state index in [1.54, 1.807) is 0 Å². The second-order valence-corrected chi connectivity index (χ2v) is 7.06. The summed E-state index contributed by atoms with van der Waals surface area (Å²) in [6.07, 6.45) is 1.85. The average Bonchev–Trinajstić information content (AvgIpc) is 3.14. The lowest BCUT2D eigenvalue weighted by Crippen LogP contribution is -1.80. The van der Waals surface area contributed by atoms with Gasteiger partial charge in [-0.3, -0.25) is 0 Å². The first-order chi connectivity index (χ1) is 11.2. The molecular weight excluding hydrogens is 370 g/mol. The number of nitrogens with zero attached hydrogens (tertiary/aromatic N) is 2. The summed E-state index contributed by atoms with van der Waals surface area (Å²) in [6.45, 7) is 0. The van der Waals surface area contributed by atoms with E-state index in [2.05, 4.69) is 32.0 Å². The van der Waals surface area contributed by atoms with Gasteiger partial charge in [-0.05, 0) is 41.8 Å². The first-order valence-electron chi connectivity index (χ1n) is 6.99. The van der Waals surface area contributed by atoms with E-state index in [1.807, 2.05) is 54.6 Å². The molecule has 0 bridgehead atoms. The van der Waals surface area contributed by atoms with E-state index in [0.29, 0.717) is 5.57 Å². The van der Waals surface area contributed by atoms with Crippen molar-refractivity contribution in [1.29, 1.82) is 5.26 Å². The van der Waals surface area contributed by atoms with Crippen molar-refractivity contribution < 1.29 is 0 Å². The Kier molecular flexibility index (Phi) is 3.49. The number of thiazole rings is 1. The second kappa shape index (κ2) is 5.65. The molecule has 2 heterocycles. The predicted octanol–water partition coefficient (Wildman–Crippen LogP) is 5.60. The van der Waals surface area contributed by atoms with E-state index in [0.717, 1.165) is 36.3 Å². The van der Waals surface area contributed by atoms with Crippen molar-refractivity contribution in [3.05, 3.63) is 63.7 Å². The fourth-order valence-corrected chi connectivity index (χ4v) is 3.75. The van der Waals surface area contributed by atoms with Gasteiger partial charge in [-0.1, -0.05) is 34.1 Å². The molecule has 0 saturated carbocycles. The largest absolute Gasteiger partial charge is 0.355 e. The smallest absolute Gasteiger partial charge is 0.135 e. The lowest BCUT2D eigenvalue weighted by molar-refractivity contribution is 1.41. The van der Waals surface area contributed by atoms with Crippen molar-refractivity contribution in [2.24, 2.45) is 0 Å². The normalized spacial score (nSPS) is 11.9. The number of hydrogen-bond donors (Lipinski definition) is 1. The average molecular weight is 380 g/mol. The van der Waals surface area contributed by atoms with Gasteiger partial charge in [-0.15, -0.1) is 11.3 Å². The van der Waals surface area contributed by atoms with Crippen molar-refractivity contribution in [1.82, 2.24) is 9.97 Å². The minimum atomic E-state index is 0.564. The van der Waals surface area contributed by atoms with Gasteiger partial charge in [0, 0.05) is 15.7 Å². The molecule has 0 unspecified atom stereocenters. The molecule has 0 atom stereocenters. The van der Waals surface area contributed by atoms with E-state index in [4.69, 9.17) is 0 Å². The van der Waals surface area contributed by atoms with Crippen LogP contribution in [0.25, 0.3) is 32.8 Å². The third-order valence-corrected chi connectivity index (χ3v) is 5.11. The molecule has 23 heavy (non-hydrogen) atoms. The molecule has 0 saturated heterocycles. The highest BCUT2D eigenvalue weighted by atomic mass is 79.9. The summed E-state index contributed by atoms with van der Waals surface area (Å²) in [4.78, 5) is 7.89. The van der Waals surface area contributed by atoms with Gasteiger partial charge in [0.2, 0.25) is 0 Å². The maximum atomic E-state index is 9.52. The first kappa shape index (κ1) is 14.2. The zero-order valence-electron chi connectivity index (χ0n) is 11.9. The standard InChI is InChI=1S/C18H10BrN3S/c19-13-5-6-17-16(9-13)22-18(23-17)12(10-20)8-14-7-11-3-1-2-4-15(11)21-14/h1-9,21H/b12-8+. The van der Waals surface area contributed by atoms with Crippen molar-refractivity contribution in [3.63, 3.8) is 0 Å². The molecule has 3 nitrogen and oxygen atoms in total. The van der Waals surface area contributed by atoms with Crippen LogP contribution in [0, 0.1) is 11.3 Å². The highest BCUT2D eigenvalue weighted by Crippen LogP contribution is 2.30. The van der Waals surface area contributed by atoms with Crippen molar-refractivity contribution in [3.8, 4) is 6.07 Å². The zero-order valence-corrected chi connectivity index (χ0v) is 14.3. The summed E-state index contributed by atoms with van der Waals surface area (Å²) in [7, 11) is 0. The number of para-hydroxylation sites is 1. The molecule has 0 aliphatic rings. The van der Waals surface area contributed by atoms with E-state index in [1.165, 1.54) is 11.3 Å². The summed E-state index contributed by atoms with van der Waals surface area (Å²) in [5.41, 5.74) is 3.43. The van der Waals surface area contributed by atoms with Gasteiger partial charge in [0.25, 0.3) is 0 Å². The summed E-state index contributed by atoms with van der Waals surface area (Å²) >= 11 is 4.98. The summed E-state index contributed by atoms with van der Waals surface area (Å²) in [6, 6.07) is 18.3. The van der Waals surface area contributed by atoms with Crippen LogP contribution in [-0.4, -0.2) is 9.97 Å². The van der Waals surface area contributed by atoms with Crippen LogP contribution in [-0.2, 0) is 0 Å². The van der Waals surface area contributed by atoms with E-state index >= 15 is 0 Å². The zero-order chi connectivity index (χ0) is 15.8. The van der Waals surface area contributed by atoms with Crippen LogP contribution in [0.3, 0.4) is 0 Å². The molecule has 0 aliphatic heterocycles. The maximum absolute atomic E-state index is 9.52. The minimum absolute atomic E-state index is 0.564. The third-order valence-electron chi connectivity index (χ3n) is 3.55. The van der Waals surface area contributed by atoms with Gasteiger partial charge < -0.3 is 4.98 Å². The number of nitriles is 1. The number of allylic oxidation sites excluding steroid dienone is 1. The van der Waals surface area contributed by atoms with E-state index in [9.17, 15) is 5.26 Å². The summed E-state index contributed by atoms with van der Waals surface area (Å²) in [5.74, 6) is 0. The Morgan fingerprint density at radius 2 is 2.09 bits per heavy atom. The Balaban J connectivity index is 1.81. The molecule has 4 aromatic rings. The van der Waals surface area contributed by atoms with E-state index < -0.39 is 0 Å². The molecule has 2 aromatic carbocycles. The van der Waals surface area contributed by atoms with Crippen LogP contribution in [0.1, 0.15) is 10.7 Å². The number of fused-ring (bicyclic) bond motifs is 2. The number of aromatic amines is 1. The van der Waals surface area contributed by atoms with Crippen molar-refractivity contribution in [2.45, 2.75) is 0 Å². The molecule has 0 aliphatic carbocycles. The fourth-order valence-electron chi connectivity index (χ4n) is 2.49.